The highest BCUT2D eigenvalue weighted by Crippen LogP contribution is 2.21. The third-order valence-electron chi connectivity index (χ3n) is 3.46. The zero-order valence-electron chi connectivity index (χ0n) is 14.8. The van der Waals surface area contributed by atoms with Crippen molar-refractivity contribution in [2.24, 2.45) is 5.92 Å². The van der Waals surface area contributed by atoms with E-state index in [0.717, 1.165) is 0 Å². The Bertz CT molecular complexity index is 662. The van der Waals surface area contributed by atoms with Gasteiger partial charge in [-0.3, -0.25) is 9.59 Å². The molecule has 0 spiro atoms. The van der Waals surface area contributed by atoms with Crippen LogP contribution in [0.3, 0.4) is 0 Å². The van der Waals surface area contributed by atoms with Gasteiger partial charge in [-0.15, -0.1) is 0 Å². The zero-order chi connectivity index (χ0) is 19.3. The van der Waals surface area contributed by atoms with Crippen LogP contribution in [0, 0.1) is 5.92 Å². The molecular weight excluding hydrogens is 367 g/mol. The highest BCUT2D eigenvalue weighted by Gasteiger charge is 2.30. The molecule has 138 valence electrons. The predicted octanol–water partition coefficient (Wildman–Crippen LogP) is 2.77. The minimum Gasteiger partial charge on any atom is -0.451 e. The van der Waals surface area contributed by atoms with Gasteiger partial charge in [-0.25, -0.2) is 4.79 Å². The molecule has 0 fully saturated rings. The van der Waals surface area contributed by atoms with Crippen molar-refractivity contribution in [1.29, 1.82) is 0 Å². The minimum atomic E-state index is -0.945. The third-order valence-corrected chi connectivity index (χ3v) is 4.01. The molecule has 1 aromatic carbocycles. The van der Waals surface area contributed by atoms with Crippen LogP contribution in [-0.2, 0) is 14.3 Å². The van der Waals surface area contributed by atoms with E-state index in [1.165, 1.54) is 30.0 Å². The fraction of sp³-hybridized carbons (Fsp3) is 0.471. The number of nitrogens with zero attached hydrogens (tertiary/aromatic N) is 1. The van der Waals surface area contributed by atoms with Crippen LogP contribution in [0.25, 0.3) is 0 Å². The minimum absolute atomic E-state index is 0.178. The molecular formula is C17H22Cl2N2O4. The number of ether oxygens (including phenoxy) is 1. The molecule has 0 saturated heterocycles. The summed E-state index contributed by atoms with van der Waals surface area (Å²) in [7, 11) is 3.13. The number of likely N-dealkylation sites (N-methyl/N-ethyl adjacent to an activating group) is 1. The van der Waals surface area contributed by atoms with Gasteiger partial charge in [0.1, 0.15) is 6.04 Å². The molecule has 0 aliphatic rings. The Morgan fingerprint density at radius 1 is 1.12 bits per heavy atom. The Morgan fingerprint density at radius 2 is 1.72 bits per heavy atom. The number of rotatable bonds is 6. The van der Waals surface area contributed by atoms with E-state index >= 15 is 0 Å². The standard InChI is InChI=1S/C17H22Cl2N2O4/c1-9(2)14(17(24)25-10(3)16(23)21(4)5)20-15(22)12-7-6-11(18)8-13(12)19/h6-10,14H,1-5H3,(H,20,22)/t10-,14+/m1/s1. The van der Waals surface area contributed by atoms with Crippen molar-refractivity contribution in [3.8, 4) is 0 Å². The fourth-order valence-electron chi connectivity index (χ4n) is 2.05. The number of esters is 1. The van der Waals surface area contributed by atoms with Gasteiger partial charge in [-0.2, -0.15) is 0 Å². The van der Waals surface area contributed by atoms with Crippen molar-refractivity contribution in [3.05, 3.63) is 33.8 Å². The maximum absolute atomic E-state index is 12.4. The van der Waals surface area contributed by atoms with Crippen LogP contribution < -0.4 is 5.32 Å². The molecule has 0 saturated carbocycles. The average molecular weight is 389 g/mol. The molecule has 1 aromatic rings. The lowest BCUT2D eigenvalue weighted by Gasteiger charge is -2.24. The van der Waals surface area contributed by atoms with Crippen molar-refractivity contribution in [2.75, 3.05) is 14.1 Å². The van der Waals surface area contributed by atoms with Crippen LogP contribution in [-0.4, -0.2) is 48.9 Å². The van der Waals surface area contributed by atoms with Gasteiger partial charge in [0.15, 0.2) is 6.10 Å². The van der Waals surface area contributed by atoms with Crippen LogP contribution in [0.5, 0.6) is 0 Å². The molecule has 1 rings (SSSR count). The number of amides is 2. The van der Waals surface area contributed by atoms with Gasteiger partial charge in [-0.05, 0) is 31.0 Å². The van der Waals surface area contributed by atoms with E-state index in [1.807, 2.05) is 0 Å². The van der Waals surface area contributed by atoms with E-state index in [1.54, 1.807) is 27.9 Å². The number of hydrogen-bond donors (Lipinski definition) is 1. The van der Waals surface area contributed by atoms with Crippen LogP contribution in [0.15, 0.2) is 18.2 Å². The van der Waals surface area contributed by atoms with Gasteiger partial charge >= 0.3 is 5.97 Å². The third kappa shape index (κ3) is 5.90. The summed E-state index contributed by atoms with van der Waals surface area (Å²) in [6.45, 7) is 5.00. The maximum Gasteiger partial charge on any atom is 0.329 e. The van der Waals surface area contributed by atoms with E-state index in [2.05, 4.69) is 5.32 Å². The van der Waals surface area contributed by atoms with Crippen LogP contribution >= 0.6 is 23.2 Å². The molecule has 0 bridgehead atoms. The molecule has 0 aliphatic carbocycles. The summed E-state index contributed by atoms with van der Waals surface area (Å²) in [5.74, 6) is -1.80. The lowest BCUT2D eigenvalue weighted by atomic mass is 10.0. The van der Waals surface area contributed by atoms with E-state index in [9.17, 15) is 14.4 Å². The average Bonchev–Trinajstić information content (AvgIpc) is 2.50. The van der Waals surface area contributed by atoms with Gasteiger partial charge in [0.05, 0.1) is 10.6 Å². The van der Waals surface area contributed by atoms with Gasteiger partial charge in [0, 0.05) is 19.1 Å². The number of carbonyl (C=O) groups excluding carboxylic acids is 3. The first-order valence-electron chi connectivity index (χ1n) is 7.72. The second kappa shape index (κ2) is 9.06. The molecule has 6 nitrogen and oxygen atoms in total. The van der Waals surface area contributed by atoms with E-state index in [4.69, 9.17) is 27.9 Å². The summed E-state index contributed by atoms with van der Waals surface area (Å²) in [5.41, 5.74) is 0.196. The Morgan fingerprint density at radius 3 is 2.20 bits per heavy atom. The van der Waals surface area contributed by atoms with E-state index in [-0.39, 0.29) is 22.4 Å². The summed E-state index contributed by atoms with van der Waals surface area (Å²) in [5, 5.41) is 3.18. The smallest absolute Gasteiger partial charge is 0.329 e. The summed E-state index contributed by atoms with van der Waals surface area (Å²) in [6, 6.07) is 3.53. The lowest BCUT2D eigenvalue weighted by Crippen LogP contribution is -2.47. The molecule has 0 radical (unpaired) electrons. The summed E-state index contributed by atoms with van der Waals surface area (Å²) in [4.78, 5) is 37.9. The van der Waals surface area contributed by atoms with Gasteiger partial charge in [0.2, 0.25) is 0 Å². The van der Waals surface area contributed by atoms with E-state index in [0.29, 0.717) is 5.02 Å². The topological polar surface area (TPSA) is 75.7 Å². The highest BCUT2D eigenvalue weighted by molar-refractivity contribution is 6.36. The Kier molecular flexibility index (Phi) is 7.70. The lowest BCUT2D eigenvalue weighted by molar-refractivity contribution is -0.160. The largest absolute Gasteiger partial charge is 0.451 e. The maximum atomic E-state index is 12.4. The number of benzene rings is 1. The molecule has 0 heterocycles. The number of nitrogens with one attached hydrogen (secondary N) is 1. The van der Waals surface area contributed by atoms with Crippen molar-refractivity contribution in [3.63, 3.8) is 0 Å². The van der Waals surface area contributed by atoms with Crippen molar-refractivity contribution >= 4 is 41.0 Å². The molecule has 25 heavy (non-hydrogen) atoms. The predicted molar refractivity (Wildman–Crippen MR) is 96.8 cm³/mol. The summed E-state index contributed by atoms with van der Waals surface area (Å²) in [6.07, 6.45) is -0.945. The quantitative estimate of drug-likeness (QED) is 0.760. The molecule has 0 aliphatic heterocycles. The van der Waals surface area contributed by atoms with Crippen LogP contribution in [0.4, 0.5) is 0 Å². The van der Waals surface area contributed by atoms with Crippen molar-refractivity contribution in [1.82, 2.24) is 10.2 Å². The number of hydrogen-bond acceptors (Lipinski definition) is 4. The normalized spacial score (nSPS) is 13.1. The number of halogens is 2. The summed E-state index contributed by atoms with van der Waals surface area (Å²) >= 11 is 11.8. The SMILES string of the molecule is CC(C)[C@H](NC(=O)c1ccc(Cl)cc1Cl)C(=O)O[C@H](C)C(=O)N(C)C. The molecule has 0 unspecified atom stereocenters. The van der Waals surface area contributed by atoms with E-state index < -0.39 is 24.0 Å². The van der Waals surface area contributed by atoms with Gasteiger partial charge in [0.25, 0.3) is 11.8 Å². The summed E-state index contributed by atoms with van der Waals surface area (Å²) < 4.78 is 5.18. The van der Waals surface area contributed by atoms with Crippen molar-refractivity contribution < 1.29 is 19.1 Å². The molecule has 8 heteroatoms. The van der Waals surface area contributed by atoms with Crippen LogP contribution in [0.1, 0.15) is 31.1 Å². The zero-order valence-corrected chi connectivity index (χ0v) is 16.3. The Hall–Kier alpha value is -1.79. The van der Waals surface area contributed by atoms with Crippen LogP contribution in [0.2, 0.25) is 10.0 Å². The Balaban J connectivity index is 2.88. The first-order valence-corrected chi connectivity index (χ1v) is 8.47. The molecule has 2 atom stereocenters. The monoisotopic (exact) mass is 388 g/mol. The van der Waals surface area contributed by atoms with Gasteiger partial charge in [-0.1, -0.05) is 37.0 Å². The highest BCUT2D eigenvalue weighted by atomic mass is 35.5. The first-order chi connectivity index (χ1) is 11.5. The Labute approximate surface area is 157 Å². The van der Waals surface area contributed by atoms with Gasteiger partial charge < -0.3 is 15.0 Å². The van der Waals surface area contributed by atoms with Crippen molar-refractivity contribution in [2.45, 2.75) is 32.9 Å². The fourth-order valence-corrected chi connectivity index (χ4v) is 2.55. The second-order valence-electron chi connectivity index (χ2n) is 6.13. The first kappa shape index (κ1) is 21.3. The number of carbonyl (C=O) groups is 3. The molecule has 0 aromatic heterocycles. The molecule has 2 amide bonds. The second-order valence-corrected chi connectivity index (χ2v) is 6.97. The molecule has 1 N–H and O–H groups in total.